The number of thioether (sulfide) groups is 1. The van der Waals surface area contributed by atoms with Crippen molar-refractivity contribution in [2.75, 3.05) is 19.8 Å². The third-order valence-electron chi connectivity index (χ3n) is 5.15. The number of nitriles is 1. The Morgan fingerprint density at radius 2 is 2.17 bits per heavy atom. The Bertz CT molecular complexity index is 893. The Kier molecular flexibility index (Phi) is 5.18. The molecule has 7 nitrogen and oxygen atoms in total. The molecule has 0 aromatic heterocycles. The molecule has 0 saturated carbocycles. The summed E-state index contributed by atoms with van der Waals surface area (Å²) in [5.74, 6) is -0.615. The van der Waals surface area contributed by atoms with Gasteiger partial charge in [0.2, 0.25) is 0 Å². The second-order valence-corrected chi connectivity index (χ2v) is 8.11. The molecule has 2 fully saturated rings. The molecule has 1 aromatic rings. The van der Waals surface area contributed by atoms with Gasteiger partial charge in [0.25, 0.3) is 5.91 Å². The number of nitrogens with zero attached hydrogens (tertiary/aromatic N) is 3. The summed E-state index contributed by atoms with van der Waals surface area (Å²) in [5.41, 5.74) is 3.58. The van der Waals surface area contributed by atoms with Crippen molar-refractivity contribution in [3.8, 4) is 11.8 Å². The van der Waals surface area contributed by atoms with Gasteiger partial charge in [0.1, 0.15) is 17.5 Å². The summed E-state index contributed by atoms with van der Waals surface area (Å²) in [7, 11) is 0. The van der Waals surface area contributed by atoms with Crippen LogP contribution in [0.3, 0.4) is 0 Å². The second kappa shape index (κ2) is 7.51. The molecule has 0 radical (unpaired) electrons. The first kappa shape index (κ1) is 20.0. The first-order valence-corrected chi connectivity index (χ1v) is 9.85. The molecule has 11 heteroatoms. The number of fused-ring (bicyclic) bond motifs is 2. The monoisotopic (exact) mass is 426 g/mol. The van der Waals surface area contributed by atoms with Crippen LogP contribution in [0.5, 0.6) is 5.75 Å². The largest absolute Gasteiger partial charge is 0.573 e. The Balaban J connectivity index is 1.67. The maximum Gasteiger partial charge on any atom is 0.573 e. The van der Waals surface area contributed by atoms with Crippen LogP contribution in [0.2, 0.25) is 0 Å². The zero-order valence-corrected chi connectivity index (χ0v) is 16.0. The summed E-state index contributed by atoms with van der Waals surface area (Å²) >= 11 is 1.15. The Labute approximate surface area is 168 Å². The number of benzene rings is 1. The minimum Gasteiger partial charge on any atom is -0.406 e. The van der Waals surface area contributed by atoms with E-state index in [2.05, 4.69) is 15.2 Å². The molecule has 29 heavy (non-hydrogen) atoms. The number of carbonyl (C=O) groups excluding carboxylic acids is 1. The third-order valence-corrected chi connectivity index (χ3v) is 6.44. The average Bonchev–Trinajstić information content (AvgIpc) is 2.66. The predicted octanol–water partition coefficient (Wildman–Crippen LogP) is 2.94. The van der Waals surface area contributed by atoms with E-state index in [9.17, 15) is 18.0 Å². The molecule has 1 aromatic carbocycles. The first-order valence-electron chi connectivity index (χ1n) is 8.97. The van der Waals surface area contributed by atoms with Crippen LogP contribution < -0.4 is 10.2 Å². The number of carbonyl (C=O) groups is 1. The van der Waals surface area contributed by atoms with Gasteiger partial charge in [0, 0.05) is 30.2 Å². The fourth-order valence-corrected chi connectivity index (χ4v) is 5.04. The molecule has 1 unspecified atom stereocenters. The van der Waals surface area contributed by atoms with E-state index in [1.165, 1.54) is 23.2 Å². The highest BCUT2D eigenvalue weighted by molar-refractivity contribution is 8.01. The topological polar surface area (TPSA) is 87.0 Å². The third kappa shape index (κ3) is 3.92. The van der Waals surface area contributed by atoms with Crippen molar-refractivity contribution in [1.82, 2.24) is 10.4 Å². The van der Waals surface area contributed by atoms with Crippen LogP contribution in [-0.2, 0) is 9.53 Å². The van der Waals surface area contributed by atoms with Gasteiger partial charge in [0.05, 0.1) is 17.3 Å². The molecule has 0 aliphatic carbocycles. The maximum atomic E-state index is 13.3. The van der Waals surface area contributed by atoms with Gasteiger partial charge in [-0.1, -0.05) is 0 Å². The lowest BCUT2D eigenvalue weighted by Crippen LogP contribution is -2.67. The van der Waals surface area contributed by atoms with Crippen molar-refractivity contribution >= 4 is 29.1 Å². The highest BCUT2D eigenvalue weighted by Gasteiger charge is 2.51. The molecule has 1 atom stereocenters. The lowest BCUT2D eigenvalue weighted by Gasteiger charge is -2.51. The molecular weight excluding hydrogens is 409 g/mol. The number of halogens is 3. The van der Waals surface area contributed by atoms with Crippen molar-refractivity contribution in [1.29, 1.82) is 5.26 Å². The van der Waals surface area contributed by atoms with Crippen LogP contribution >= 0.6 is 11.8 Å². The summed E-state index contributed by atoms with van der Waals surface area (Å²) in [6.07, 6.45) is -3.06. The van der Waals surface area contributed by atoms with Gasteiger partial charge < -0.3 is 9.47 Å². The van der Waals surface area contributed by atoms with Crippen molar-refractivity contribution in [3.63, 3.8) is 0 Å². The molecular formula is C18H17F3N4O3S. The zero-order valence-electron chi connectivity index (χ0n) is 15.2. The number of hydrogen-bond acceptors (Lipinski definition) is 7. The number of aliphatic imine (C=N–C) groups is 1. The van der Waals surface area contributed by atoms with Crippen molar-refractivity contribution in [2.45, 2.75) is 41.3 Å². The predicted molar refractivity (Wildman–Crippen MR) is 97.7 cm³/mol. The Morgan fingerprint density at radius 1 is 1.41 bits per heavy atom. The number of nitrogens with one attached hydrogen (secondary N) is 1. The van der Waals surface area contributed by atoms with E-state index < -0.39 is 17.2 Å². The standard InChI is InChI=1S/C18H17F3N4O3S/c19-18(20,21)28-11-1-2-12-14(9-11)29-15-13(24-12)10-17(3-7-27-8-4-17)25(16(15)26)23-6-5-22/h1-2,9,15,23H,3-4,6-8,10H2. The quantitative estimate of drug-likeness (QED) is 0.748. The Hall–Kier alpha value is -2.29. The maximum absolute atomic E-state index is 13.3. The van der Waals surface area contributed by atoms with Crippen LogP contribution in [0.15, 0.2) is 28.1 Å². The van der Waals surface area contributed by atoms with Crippen LogP contribution in [0.25, 0.3) is 0 Å². The fourth-order valence-electron chi connectivity index (χ4n) is 3.89. The lowest BCUT2D eigenvalue weighted by atomic mass is 9.80. The van der Waals surface area contributed by atoms with E-state index in [-0.39, 0.29) is 18.2 Å². The number of hydrogen-bond donors (Lipinski definition) is 1. The van der Waals surface area contributed by atoms with Gasteiger partial charge in [-0.15, -0.1) is 24.9 Å². The van der Waals surface area contributed by atoms with E-state index in [4.69, 9.17) is 10.00 Å². The molecule has 3 aliphatic heterocycles. The van der Waals surface area contributed by atoms with Gasteiger partial charge in [-0.3, -0.25) is 14.8 Å². The van der Waals surface area contributed by atoms with Gasteiger partial charge >= 0.3 is 6.36 Å². The molecule has 1 spiro atoms. The second-order valence-electron chi connectivity index (χ2n) is 6.96. The minimum absolute atomic E-state index is 0.0294. The van der Waals surface area contributed by atoms with E-state index in [0.29, 0.717) is 48.8 Å². The van der Waals surface area contributed by atoms with Gasteiger partial charge in [-0.2, -0.15) is 5.26 Å². The number of piperidine rings is 1. The van der Waals surface area contributed by atoms with Gasteiger partial charge in [-0.05, 0) is 31.0 Å². The molecule has 1 amide bonds. The van der Waals surface area contributed by atoms with Crippen molar-refractivity contribution < 1.29 is 27.4 Å². The summed E-state index contributed by atoms with van der Waals surface area (Å²) < 4.78 is 47.0. The SMILES string of the molecule is N#CCNN1C(=O)C2Sc3cc(OC(F)(F)F)ccc3N=C2CC12CCOCC2. The van der Waals surface area contributed by atoms with E-state index >= 15 is 0 Å². The molecule has 2 saturated heterocycles. The van der Waals surface area contributed by atoms with Crippen LogP contribution in [-0.4, -0.2) is 53.5 Å². The zero-order chi connectivity index (χ0) is 20.6. The van der Waals surface area contributed by atoms with Crippen LogP contribution in [0, 0.1) is 11.3 Å². The van der Waals surface area contributed by atoms with Gasteiger partial charge in [0.15, 0.2) is 0 Å². The molecule has 3 aliphatic rings. The van der Waals surface area contributed by atoms with Gasteiger partial charge in [-0.25, -0.2) is 5.43 Å². The normalized spacial score (nSPS) is 23.1. The van der Waals surface area contributed by atoms with Crippen LogP contribution in [0.4, 0.5) is 18.9 Å². The summed E-state index contributed by atoms with van der Waals surface area (Å²) in [5, 5.41) is 9.81. The smallest absolute Gasteiger partial charge is 0.406 e. The Morgan fingerprint density at radius 3 is 2.86 bits per heavy atom. The van der Waals surface area contributed by atoms with Crippen molar-refractivity contribution in [2.24, 2.45) is 4.99 Å². The summed E-state index contributed by atoms with van der Waals surface area (Å²) in [4.78, 5) is 18.3. The molecule has 3 heterocycles. The molecule has 1 N–H and O–H groups in total. The molecule has 0 bridgehead atoms. The molecule has 154 valence electrons. The summed E-state index contributed by atoms with van der Waals surface area (Å²) in [6, 6.07) is 5.90. The number of amides is 1. The first-order chi connectivity index (χ1) is 13.8. The van der Waals surface area contributed by atoms with Crippen LogP contribution in [0.1, 0.15) is 19.3 Å². The van der Waals surface area contributed by atoms with E-state index in [1.807, 2.05) is 6.07 Å². The molecule has 4 rings (SSSR count). The fraction of sp³-hybridized carbons (Fsp3) is 0.500. The number of alkyl halides is 3. The van der Waals surface area contributed by atoms with E-state index in [1.54, 1.807) is 0 Å². The summed E-state index contributed by atoms with van der Waals surface area (Å²) in [6.45, 7) is 0.966. The highest BCUT2D eigenvalue weighted by Crippen LogP contribution is 2.46. The number of hydrazine groups is 1. The number of rotatable bonds is 3. The number of ether oxygens (including phenoxy) is 2. The highest BCUT2D eigenvalue weighted by atomic mass is 32.2. The minimum atomic E-state index is -4.80. The van der Waals surface area contributed by atoms with Crippen molar-refractivity contribution in [3.05, 3.63) is 18.2 Å². The average molecular weight is 426 g/mol. The van der Waals surface area contributed by atoms with E-state index in [0.717, 1.165) is 11.8 Å². The lowest BCUT2D eigenvalue weighted by molar-refractivity contribution is -0.274.